The van der Waals surface area contributed by atoms with E-state index in [9.17, 15) is 19.6 Å². The maximum Gasteiger partial charge on any atom is 0.469 e. The van der Waals surface area contributed by atoms with E-state index in [1.54, 1.807) is 0 Å². The zero-order valence-corrected chi connectivity index (χ0v) is 15.2. The first-order chi connectivity index (χ1) is 11.2. The van der Waals surface area contributed by atoms with Crippen LogP contribution >= 0.6 is 7.82 Å². The number of nitrogens with one attached hydrogen (secondary N) is 1. The summed E-state index contributed by atoms with van der Waals surface area (Å²) in [7, 11) is -4.76. The number of aromatic amines is 1. The second-order valence-corrected chi connectivity index (χ2v) is 6.35. The van der Waals surface area contributed by atoms with Crippen molar-refractivity contribution in [2.45, 2.75) is 24.5 Å². The average Bonchev–Trinajstić information content (AvgIpc) is 3.00. The Kier molecular flexibility index (Phi) is 5.85. The number of ether oxygens (including phenoxy) is 1. The normalized spacial score (nSPS) is 26.7. The number of phosphoric acid groups is 1. The van der Waals surface area contributed by atoms with Crippen LogP contribution in [0.5, 0.6) is 0 Å². The van der Waals surface area contributed by atoms with E-state index in [2.05, 4.69) is 19.5 Å². The Morgan fingerprint density at radius 1 is 1.40 bits per heavy atom. The third-order valence-electron chi connectivity index (χ3n) is 3.47. The zero-order chi connectivity index (χ0) is 17.6. The van der Waals surface area contributed by atoms with Gasteiger partial charge in [0.05, 0.1) is 12.9 Å². The van der Waals surface area contributed by atoms with Crippen LogP contribution in [0, 0.1) is 0 Å². The Morgan fingerprint density at radius 2 is 2.08 bits per heavy atom. The molecule has 13 nitrogen and oxygen atoms in total. The van der Waals surface area contributed by atoms with Gasteiger partial charge in [0.2, 0.25) is 5.95 Å². The van der Waals surface area contributed by atoms with Gasteiger partial charge in [-0.15, -0.1) is 0 Å². The number of anilines is 1. The first-order valence-corrected chi connectivity index (χ1v) is 8.14. The van der Waals surface area contributed by atoms with Gasteiger partial charge in [-0.3, -0.25) is 18.9 Å². The van der Waals surface area contributed by atoms with E-state index in [0.717, 1.165) is 0 Å². The molecule has 1 radical (unpaired) electrons. The quantitative estimate of drug-likeness (QED) is 0.169. The van der Waals surface area contributed by atoms with Crippen molar-refractivity contribution < 1.29 is 56.2 Å². The van der Waals surface area contributed by atoms with Crippen molar-refractivity contribution in [3.63, 3.8) is 0 Å². The van der Waals surface area contributed by atoms with Crippen LogP contribution in [0.1, 0.15) is 6.23 Å². The molecule has 7 N–H and O–H groups in total. The number of aromatic nitrogens is 4. The molecule has 3 rings (SSSR count). The summed E-state index contributed by atoms with van der Waals surface area (Å²) < 4.78 is 21.6. The second kappa shape index (κ2) is 7.25. The van der Waals surface area contributed by atoms with E-state index in [0.29, 0.717) is 0 Å². The fourth-order valence-electron chi connectivity index (χ4n) is 2.40. The predicted octanol–water partition coefficient (Wildman–Crippen LogP) is -2.57. The maximum atomic E-state index is 11.7. The van der Waals surface area contributed by atoms with E-state index in [1.165, 1.54) is 10.9 Å². The largest absolute Gasteiger partial charge is 0.469 e. The fourth-order valence-corrected chi connectivity index (χ4v) is 2.74. The summed E-state index contributed by atoms with van der Waals surface area (Å²) in [6, 6.07) is 0. The van der Waals surface area contributed by atoms with Crippen molar-refractivity contribution in [1.29, 1.82) is 0 Å². The van der Waals surface area contributed by atoms with Crippen LogP contribution in [0.25, 0.3) is 11.2 Å². The van der Waals surface area contributed by atoms with E-state index in [-0.39, 0.29) is 39.5 Å². The molecule has 1 fully saturated rings. The number of imidazole rings is 1. The number of nitrogens with two attached hydrogens (primary N) is 1. The molecule has 15 heteroatoms. The average molecular weight is 560 g/mol. The van der Waals surface area contributed by atoms with Gasteiger partial charge in [0, 0.05) is 22.4 Å². The predicted molar refractivity (Wildman–Crippen MR) is 76.5 cm³/mol. The number of fused-ring (bicyclic) bond motifs is 1. The van der Waals surface area contributed by atoms with Gasteiger partial charge < -0.3 is 30.5 Å². The first-order valence-electron chi connectivity index (χ1n) is 6.61. The molecular formula is C10H14AuN5O8P. The van der Waals surface area contributed by atoms with E-state index >= 15 is 0 Å². The van der Waals surface area contributed by atoms with Crippen molar-refractivity contribution in [3.8, 4) is 0 Å². The molecule has 2 aromatic rings. The zero-order valence-electron chi connectivity index (χ0n) is 12.2. The number of nitrogens with zero attached hydrogens (tertiary/aromatic N) is 3. The third kappa shape index (κ3) is 4.01. The van der Waals surface area contributed by atoms with Crippen molar-refractivity contribution in [1.82, 2.24) is 19.5 Å². The molecule has 1 saturated heterocycles. The molecule has 0 saturated carbocycles. The van der Waals surface area contributed by atoms with E-state index in [1.807, 2.05) is 0 Å². The van der Waals surface area contributed by atoms with Crippen LogP contribution in [0.4, 0.5) is 5.95 Å². The molecule has 0 spiro atoms. The summed E-state index contributed by atoms with van der Waals surface area (Å²) >= 11 is 0. The number of hydrogen-bond acceptors (Lipinski definition) is 9. The molecule has 4 atom stereocenters. The minimum absolute atomic E-state index is 0. The standard InChI is InChI=1S/C10H14N5O8P.Au/c11-10-13-7-4(8(18)14-10)12-2-15(7)9-6(17)5(16)3(23-9)1-22-24(19,20)21;/h2-3,5-6,9,16-17H,1H2,(H2,19,20,21)(H3,11,13,14,18);/t3-,5-,6-,9-;/m1./s1. The van der Waals surface area contributed by atoms with Gasteiger partial charge in [-0.1, -0.05) is 0 Å². The Labute approximate surface area is 154 Å². The second-order valence-electron chi connectivity index (χ2n) is 5.11. The molecule has 1 aliphatic heterocycles. The number of rotatable bonds is 4. The summed E-state index contributed by atoms with van der Waals surface area (Å²) in [5, 5.41) is 20.1. The first kappa shape index (κ1) is 20.2. The topological polar surface area (TPSA) is 206 Å². The van der Waals surface area contributed by atoms with Crippen LogP contribution in [-0.2, 0) is 36.2 Å². The fraction of sp³-hybridized carbons (Fsp3) is 0.500. The Morgan fingerprint density at radius 3 is 2.72 bits per heavy atom. The van der Waals surface area contributed by atoms with Crippen molar-refractivity contribution >= 4 is 24.9 Å². The molecule has 143 valence electrons. The van der Waals surface area contributed by atoms with Gasteiger partial charge >= 0.3 is 7.82 Å². The van der Waals surface area contributed by atoms with Crippen LogP contribution in [0.3, 0.4) is 0 Å². The molecule has 1 aliphatic rings. The Bertz CT molecular complexity index is 867. The van der Waals surface area contributed by atoms with Gasteiger partial charge in [-0.05, 0) is 0 Å². The van der Waals surface area contributed by atoms with Gasteiger partial charge in [0.1, 0.15) is 18.3 Å². The van der Waals surface area contributed by atoms with Crippen LogP contribution in [0.15, 0.2) is 11.1 Å². The minimum Gasteiger partial charge on any atom is -0.387 e. The van der Waals surface area contributed by atoms with Gasteiger partial charge in [-0.2, -0.15) is 4.98 Å². The number of aliphatic hydroxyl groups is 2. The molecule has 0 aliphatic carbocycles. The third-order valence-corrected chi connectivity index (χ3v) is 3.95. The summed E-state index contributed by atoms with van der Waals surface area (Å²) in [6.45, 7) is -0.651. The summed E-state index contributed by atoms with van der Waals surface area (Å²) in [4.78, 5) is 39.1. The van der Waals surface area contributed by atoms with Crippen LogP contribution in [0.2, 0.25) is 0 Å². The van der Waals surface area contributed by atoms with Crippen molar-refractivity contribution in [2.24, 2.45) is 0 Å². The molecule has 3 heterocycles. The van der Waals surface area contributed by atoms with E-state index < -0.39 is 44.5 Å². The van der Waals surface area contributed by atoms with Crippen LogP contribution in [-0.4, -0.2) is 64.4 Å². The summed E-state index contributed by atoms with van der Waals surface area (Å²) in [5.41, 5.74) is 4.84. The maximum absolute atomic E-state index is 11.7. The van der Waals surface area contributed by atoms with Gasteiger partial charge in [-0.25, -0.2) is 9.55 Å². The Hall–Kier alpha value is -1.12. The molecular weight excluding hydrogens is 546 g/mol. The number of nitrogen functional groups attached to an aromatic ring is 1. The molecule has 0 aromatic carbocycles. The SMILES string of the molecule is Nc1nc2c(ncn2[C@@H]2O[C@H](COP(=O)(O)O)[C@@H](O)[C@H]2O)c(=O)[nH]1.[Au]. The molecule has 2 aromatic heterocycles. The summed E-state index contributed by atoms with van der Waals surface area (Å²) in [6.07, 6.45) is -4.22. The number of hydrogen-bond donors (Lipinski definition) is 6. The van der Waals surface area contributed by atoms with Crippen molar-refractivity contribution in [3.05, 3.63) is 16.7 Å². The van der Waals surface area contributed by atoms with Gasteiger partial charge in [0.15, 0.2) is 17.4 Å². The molecule has 25 heavy (non-hydrogen) atoms. The van der Waals surface area contributed by atoms with Gasteiger partial charge in [0.25, 0.3) is 5.56 Å². The molecule has 0 bridgehead atoms. The number of aliphatic hydroxyl groups excluding tert-OH is 2. The Balaban J connectivity index is 0.00000225. The number of phosphoric ester groups is 1. The molecule has 0 unspecified atom stereocenters. The molecule has 0 amide bonds. The smallest absolute Gasteiger partial charge is 0.387 e. The van der Waals surface area contributed by atoms with Crippen LogP contribution < -0.4 is 11.3 Å². The summed E-state index contributed by atoms with van der Waals surface area (Å²) in [5.74, 6) is -0.177. The van der Waals surface area contributed by atoms with E-state index in [4.69, 9.17) is 20.3 Å². The minimum atomic E-state index is -4.76. The van der Waals surface area contributed by atoms with Crippen molar-refractivity contribution in [2.75, 3.05) is 12.3 Å². The monoisotopic (exact) mass is 560 g/mol. The number of H-pyrrole nitrogens is 1.